The number of nitrogens with zero attached hydrogens (tertiary/aromatic N) is 2. The Morgan fingerprint density at radius 1 is 0.667 bits per heavy atom. The highest BCUT2D eigenvalue weighted by Gasteiger charge is 2.20. The van der Waals surface area contributed by atoms with Crippen LogP contribution in [0.5, 0.6) is 0 Å². The highest BCUT2D eigenvalue weighted by Crippen LogP contribution is 2.38. The van der Waals surface area contributed by atoms with E-state index in [0.29, 0.717) is 10.0 Å². The quantitative estimate of drug-likeness (QED) is 0.266. The van der Waals surface area contributed by atoms with Crippen LogP contribution >= 0.6 is 55.1 Å². The van der Waals surface area contributed by atoms with Crippen molar-refractivity contribution < 1.29 is 0 Å². The van der Waals surface area contributed by atoms with Gasteiger partial charge in [-0.1, -0.05) is 79.3 Å². The molecule has 2 nitrogen and oxygen atoms in total. The summed E-state index contributed by atoms with van der Waals surface area (Å²) < 4.78 is 3.87. The number of hydrogen-bond donors (Lipinski definition) is 0. The zero-order valence-corrected chi connectivity index (χ0v) is 18.5. The molecular weight excluding hydrogens is 511 g/mol. The molecule has 0 saturated carbocycles. The lowest BCUT2D eigenvalue weighted by molar-refractivity contribution is 0.892. The van der Waals surface area contributed by atoms with Gasteiger partial charge in [0.1, 0.15) is 5.69 Å². The topological polar surface area (TPSA) is 17.8 Å². The van der Waals surface area contributed by atoms with Crippen LogP contribution in [0.1, 0.15) is 0 Å². The largest absolute Gasteiger partial charge is 0.231 e. The molecule has 0 radical (unpaired) electrons. The Morgan fingerprint density at radius 3 is 1.74 bits per heavy atom. The molecule has 3 aromatic carbocycles. The number of hydrogen-bond acceptors (Lipinski definition) is 1. The molecule has 134 valence electrons. The third kappa shape index (κ3) is 3.85. The van der Waals surface area contributed by atoms with E-state index >= 15 is 0 Å². The summed E-state index contributed by atoms with van der Waals surface area (Å²) in [6.07, 6.45) is 0. The maximum absolute atomic E-state index is 6.83. The average Bonchev–Trinajstić information content (AvgIpc) is 3.01. The lowest BCUT2D eigenvalue weighted by atomic mass is 10.1. The summed E-state index contributed by atoms with van der Waals surface area (Å²) in [5.74, 6) is 0. The molecule has 27 heavy (non-hydrogen) atoms. The first-order valence-electron chi connectivity index (χ1n) is 8.09. The van der Waals surface area contributed by atoms with Crippen molar-refractivity contribution in [2.75, 3.05) is 0 Å². The van der Waals surface area contributed by atoms with Crippen molar-refractivity contribution in [3.8, 4) is 28.2 Å². The second kappa shape index (κ2) is 7.80. The maximum atomic E-state index is 6.83. The fourth-order valence-electron chi connectivity index (χ4n) is 2.82. The van der Waals surface area contributed by atoms with Gasteiger partial charge in [0, 0.05) is 25.1 Å². The van der Waals surface area contributed by atoms with E-state index in [9.17, 15) is 0 Å². The molecule has 1 heterocycles. The summed E-state index contributed by atoms with van der Waals surface area (Å²) in [6, 6.07) is 23.5. The second-order valence-electron chi connectivity index (χ2n) is 5.91. The molecule has 0 unspecified atom stereocenters. The van der Waals surface area contributed by atoms with E-state index in [-0.39, 0.29) is 0 Å². The number of halogens is 4. The third-order valence-electron chi connectivity index (χ3n) is 4.13. The minimum absolute atomic E-state index is 0.606. The van der Waals surface area contributed by atoms with Crippen molar-refractivity contribution in [1.82, 2.24) is 9.78 Å². The van der Waals surface area contributed by atoms with Crippen molar-refractivity contribution in [1.29, 1.82) is 0 Å². The van der Waals surface area contributed by atoms with Crippen LogP contribution in [0.2, 0.25) is 10.0 Å². The fraction of sp³-hybridized carbons (Fsp3) is 0. The standard InChI is InChI=1S/C21H12Br2Cl2N2/c22-15-5-1-13(2-6-15)20-19(25)21(14-3-7-16(23)8-4-14)27(26-20)18-11-9-17(24)10-12-18/h1-12H. The molecule has 1 aromatic heterocycles. The van der Waals surface area contributed by atoms with Crippen LogP contribution < -0.4 is 0 Å². The van der Waals surface area contributed by atoms with Crippen LogP contribution in [0.4, 0.5) is 0 Å². The highest BCUT2D eigenvalue weighted by molar-refractivity contribution is 9.10. The molecule has 0 aliphatic rings. The minimum Gasteiger partial charge on any atom is -0.231 e. The summed E-state index contributed by atoms with van der Waals surface area (Å²) >= 11 is 19.8. The maximum Gasteiger partial charge on any atom is 0.112 e. The van der Waals surface area contributed by atoms with E-state index in [2.05, 4.69) is 31.9 Å². The van der Waals surface area contributed by atoms with Gasteiger partial charge >= 0.3 is 0 Å². The number of benzene rings is 3. The smallest absolute Gasteiger partial charge is 0.112 e. The molecule has 0 atom stereocenters. The lowest BCUT2D eigenvalue weighted by Gasteiger charge is -2.08. The molecule has 6 heteroatoms. The van der Waals surface area contributed by atoms with Gasteiger partial charge in [-0.2, -0.15) is 5.10 Å². The van der Waals surface area contributed by atoms with Gasteiger partial charge in [-0.05, 0) is 48.5 Å². The Kier molecular flexibility index (Phi) is 5.42. The Bertz CT molecular complexity index is 1090. The van der Waals surface area contributed by atoms with Crippen LogP contribution in [0, 0.1) is 0 Å². The Balaban J connectivity index is 1.95. The summed E-state index contributed by atoms with van der Waals surface area (Å²) in [5.41, 5.74) is 4.40. The van der Waals surface area contributed by atoms with Gasteiger partial charge in [0.2, 0.25) is 0 Å². The van der Waals surface area contributed by atoms with Crippen molar-refractivity contribution in [2.45, 2.75) is 0 Å². The van der Waals surface area contributed by atoms with E-state index in [1.165, 1.54) is 0 Å². The van der Waals surface area contributed by atoms with Crippen LogP contribution in [-0.2, 0) is 0 Å². The fourth-order valence-corrected chi connectivity index (χ4v) is 3.81. The van der Waals surface area contributed by atoms with Gasteiger partial charge in [0.15, 0.2) is 0 Å². The van der Waals surface area contributed by atoms with Gasteiger partial charge in [-0.25, -0.2) is 4.68 Å². The Morgan fingerprint density at radius 2 is 1.19 bits per heavy atom. The van der Waals surface area contributed by atoms with Crippen molar-refractivity contribution in [3.05, 3.63) is 91.8 Å². The molecule has 0 fully saturated rings. The molecule has 0 bridgehead atoms. The summed E-state index contributed by atoms with van der Waals surface area (Å²) in [4.78, 5) is 0. The molecule has 4 rings (SSSR count). The van der Waals surface area contributed by atoms with Gasteiger partial charge in [0.05, 0.1) is 16.4 Å². The minimum atomic E-state index is 0.606. The highest BCUT2D eigenvalue weighted by atomic mass is 79.9. The zero-order valence-electron chi connectivity index (χ0n) is 13.8. The lowest BCUT2D eigenvalue weighted by Crippen LogP contribution is -1.99. The van der Waals surface area contributed by atoms with Gasteiger partial charge in [0.25, 0.3) is 0 Å². The molecular formula is C21H12Br2Cl2N2. The number of rotatable bonds is 3. The van der Waals surface area contributed by atoms with Gasteiger partial charge in [-0.15, -0.1) is 0 Å². The third-order valence-corrected chi connectivity index (χ3v) is 5.80. The average molecular weight is 523 g/mol. The van der Waals surface area contributed by atoms with Crippen LogP contribution in [0.3, 0.4) is 0 Å². The Labute approximate surface area is 184 Å². The van der Waals surface area contributed by atoms with E-state index in [1.54, 1.807) is 0 Å². The molecule has 0 saturated heterocycles. The SMILES string of the molecule is Clc1ccc(-n2nc(-c3ccc(Br)cc3)c(Cl)c2-c2ccc(Br)cc2)cc1. The molecule has 4 aromatic rings. The van der Waals surface area contributed by atoms with E-state index in [4.69, 9.17) is 28.3 Å². The number of aromatic nitrogens is 2. The van der Waals surface area contributed by atoms with E-state index in [1.807, 2.05) is 77.5 Å². The van der Waals surface area contributed by atoms with Gasteiger partial charge in [-0.3, -0.25) is 0 Å². The van der Waals surface area contributed by atoms with Crippen LogP contribution in [-0.4, -0.2) is 9.78 Å². The first-order chi connectivity index (χ1) is 13.0. The van der Waals surface area contributed by atoms with E-state index in [0.717, 1.165) is 37.1 Å². The summed E-state index contributed by atoms with van der Waals surface area (Å²) in [7, 11) is 0. The van der Waals surface area contributed by atoms with Crippen molar-refractivity contribution in [3.63, 3.8) is 0 Å². The molecule has 0 amide bonds. The monoisotopic (exact) mass is 520 g/mol. The predicted octanol–water partition coefficient (Wildman–Crippen LogP) is 8.04. The van der Waals surface area contributed by atoms with Crippen molar-refractivity contribution >= 4 is 55.1 Å². The molecule has 0 N–H and O–H groups in total. The zero-order chi connectivity index (χ0) is 19.0. The molecule has 0 spiro atoms. The van der Waals surface area contributed by atoms with Gasteiger partial charge < -0.3 is 0 Å². The molecule has 0 aliphatic carbocycles. The summed E-state index contributed by atoms with van der Waals surface area (Å²) in [6.45, 7) is 0. The van der Waals surface area contributed by atoms with Crippen LogP contribution in [0.15, 0.2) is 81.7 Å². The summed E-state index contributed by atoms with van der Waals surface area (Å²) in [5, 5.41) is 6.11. The first kappa shape index (κ1) is 18.8. The molecule has 0 aliphatic heterocycles. The van der Waals surface area contributed by atoms with Crippen LogP contribution in [0.25, 0.3) is 28.2 Å². The Hall–Kier alpha value is -1.59. The first-order valence-corrected chi connectivity index (χ1v) is 10.4. The normalized spacial score (nSPS) is 11.0. The predicted molar refractivity (Wildman–Crippen MR) is 120 cm³/mol. The van der Waals surface area contributed by atoms with Crippen molar-refractivity contribution in [2.24, 2.45) is 0 Å². The second-order valence-corrected chi connectivity index (χ2v) is 8.56. The van der Waals surface area contributed by atoms with E-state index < -0.39 is 0 Å².